The summed E-state index contributed by atoms with van der Waals surface area (Å²) in [6.45, 7) is 1.47. The van der Waals surface area contributed by atoms with Crippen LogP contribution in [0.2, 0.25) is 0 Å². The van der Waals surface area contributed by atoms with E-state index >= 15 is 0 Å². The maximum atomic E-state index is 13.0. The normalized spacial score (nSPS) is 12.3. The first-order valence-corrected chi connectivity index (χ1v) is 8.40. The number of phenols is 1. The molecule has 0 spiro atoms. The minimum absolute atomic E-state index is 0.00794. The van der Waals surface area contributed by atoms with Crippen molar-refractivity contribution in [1.82, 2.24) is 0 Å². The zero-order chi connectivity index (χ0) is 19.1. The van der Waals surface area contributed by atoms with Gasteiger partial charge in [-0.2, -0.15) is 0 Å². The molecular formula is C22H15NO4. The fraction of sp³-hybridized carbons (Fsp3) is 0.0455. The Morgan fingerprint density at radius 1 is 0.852 bits per heavy atom. The molecular weight excluding hydrogens is 342 g/mol. The van der Waals surface area contributed by atoms with Crippen molar-refractivity contribution in [1.29, 1.82) is 0 Å². The Hall–Kier alpha value is -3.73. The molecule has 0 fully saturated rings. The second-order valence-corrected chi connectivity index (χ2v) is 6.35. The first-order chi connectivity index (χ1) is 13.0. The summed E-state index contributed by atoms with van der Waals surface area (Å²) < 4.78 is 0. The number of hydrogen-bond donors (Lipinski definition) is 2. The highest BCUT2D eigenvalue weighted by atomic mass is 16.3. The molecule has 2 N–H and O–H groups in total. The lowest BCUT2D eigenvalue weighted by Crippen LogP contribution is -2.22. The van der Waals surface area contributed by atoms with E-state index in [0.717, 1.165) is 0 Å². The molecule has 0 saturated heterocycles. The standard InChI is InChI=1S/C22H15NO4/c1-12(24)13-5-4-6-14(11-13)23-17-9-10-18(25)20-19(17)21(26)15-7-2-3-8-16(15)22(20)27/h2-11,23,25H,1H3. The molecule has 5 heteroatoms. The topological polar surface area (TPSA) is 83.5 Å². The molecule has 0 atom stereocenters. The first-order valence-electron chi connectivity index (χ1n) is 8.40. The predicted molar refractivity (Wildman–Crippen MR) is 101 cm³/mol. The molecule has 0 radical (unpaired) electrons. The summed E-state index contributed by atoms with van der Waals surface area (Å²) in [4.78, 5) is 37.5. The zero-order valence-corrected chi connectivity index (χ0v) is 14.4. The van der Waals surface area contributed by atoms with Crippen molar-refractivity contribution in [2.24, 2.45) is 0 Å². The Balaban J connectivity index is 1.86. The summed E-state index contributed by atoms with van der Waals surface area (Å²) in [7, 11) is 0. The molecule has 0 saturated carbocycles. The summed E-state index contributed by atoms with van der Waals surface area (Å²) in [6, 6.07) is 16.3. The van der Waals surface area contributed by atoms with Crippen molar-refractivity contribution >= 4 is 28.7 Å². The Labute approximate surface area is 155 Å². The molecule has 0 aliphatic heterocycles. The van der Waals surface area contributed by atoms with Crippen LogP contribution < -0.4 is 5.32 Å². The average molecular weight is 357 g/mol. The highest BCUT2D eigenvalue weighted by Crippen LogP contribution is 2.38. The first kappa shape index (κ1) is 16.7. The minimum atomic E-state index is -0.390. The molecule has 0 amide bonds. The van der Waals surface area contributed by atoms with E-state index in [4.69, 9.17) is 0 Å². The molecule has 0 aromatic heterocycles. The Kier molecular flexibility index (Phi) is 3.85. The fourth-order valence-corrected chi connectivity index (χ4v) is 3.28. The summed E-state index contributed by atoms with van der Waals surface area (Å²) in [6.07, 6.45) is 0. The van der Waals surface area contributed by atoms with E-state index < -0.39 is 0 Å². The number of anilines is 2. The van der Waals surface area contributed by atoms with Crippen LogP contribution in [0.3, 0.4) is 0 Å². The Morgan fingerprint density at radius 2 is 1.52 bits per heavy atom. The van der Waals surface area contributed by atoms with Crippen LogP contribution in [0.1, 0.15) is 49.1 Å². The summed E-state index contributed by atoms with van der Waals surface area (Å²) in [5.74, 6) is -1.03. The van der Waals surface area contributed by atoms with Crippen LogP contribution >= 0.6 is 0 Å². The number of aromatic hydroxyl groups is 1. The lowest BCUT2D eigenvalue weighted by Gasteiger charge is -2.21. The molecule has 1 aliphatic carbocycles. The SMILES string of the molecule is CC(=O)c1cccc(Nc2ccc(O)c3c2C(=O)c2ccccc2C3=O)c1. The van der Waals surface area contributed by atoms with Gasteiger partial charge in [-0.15, -0.1) is 0 Å². The second-order valence-electron chi connectivity index (χ2n) is 6.35. The third kappa shape index (κ3) is 2.69. The molecule has 3 aromatic rings. The summed E-state index contributed by atoms with van der Waals surface area (Å²) in [5, 5.41) is 13.3. The van der Waals surface area contributed by atoms with Crippen molar-refractivity contribution in [2.45, 2.75) is 6.92 Å². The molecule has 5 nitrogen and oxygen atoms in total. The number of fused-ring (bicyclic) bond motifs is 2. The summed E-state index contributed by atoms with van der Waals surface area (Å²) in [5.41, 5.74) is 2.24. The van der Waals surface area contributed by atoms with Crippen LogP contribution in [0.4, 0.5) is 11.4 Å². The van der Waals surface area contributed by atoms with Gasteiger partial charge < -0.3 is 10.4 Å². The van der Waals surface area contributed by atoms with Crippen LogP contribution in [-0.2, 0) is 0 Å². The largest absolute Gasteiger partial charge is 0.507 e. The predicted octanol–water partition coefficient (Wildman–Crippen LogP) is 4.11. The van der Waals surface area contributed by atoms with Crippen molar-refractivity contribution in [2.75, 3.05) is 5.32 Å². The molecule has 0 bridgehead atoms. The molecule has 1 aliphatic rings. The highest BCUT2D eigenvalue weighted by molar-refractivity contribution is 6.31. The van der Waals surface area contributed by atoms with E-state index in [9.17, 15) is 19.5 Å². The van der Waals surface area contributed by atoms with Crippen LogP contribution in [0.5, 0.6) is 5.75 Å². The Morgan fingerprint density at radius 3 is 2.19 bits per heavy atom. The number of hydrogen-bond acceptors (Lipinski definition) is 5. The monoisotopic (exact) mass is 357 g/mol. The van der Waals surface area contributed by atoms with E-state index in [1.54, 1.807) is 54.6 Å². The van der Waals surface area contributed by atoms with E-state index in [1.165, 1.54) is 13.0 Å². The van der Waals surface area contributed by atoms with Crippen molar-refractivity contribution in [3.63, 3.8) is 0 Å². The summed E-state index contributed by atoms with van der Waals surface area (Å²) >= 11 is 0. The van der Waals surface area contributed by atoms with Gasteiger partial charge in [-0.1, -0.05) is 36.4 Å². The number of benzene rings is 3. The van der Waals surface area contributed by atoms with Crippen LogP contribution in [-0.4, -0.2) is 22.5 Å². The number of Topliss-reactive ketones (excluding diaryl/α,β-unsaturated/α-hetero) is 1. The van der Waals surface area contributed by atoms with Gasteiger partial charge >= 0.3 is 0 Å². The van der Waals surface area contributed by atoms with E-state index in [1.807, 2.05) is 0 Å². The number of phenolic OH excluding ortho intramolecular Hbond substituents is 1. The molecule has 4 rings (SSSR count). The third-order valence-electron chi connectivity index (χ3n) is 4.60. The van der Waals surface area contributed by atoms with Gasteiger partial charge in [-0.05, 0) is 31.2 Å². The number of ketones is 3. The van der Waals surface area contributed by atoms with Crippen molar-refractivity contribution < 1.29 is 19.5 Å². The second kappa shape index (κ2) is 6.21. The smallest absolute Gasteiger partial charge is 0.198 e. The minimum Gasteiger partial charge on any atom is -0.507 e. The highest BCUT2D eigenvalue weighted by Gasteiger charge is 2.33. The van der Waals surface area contributed by atoms with Gasteiger partial charge in [0.15, 0.2) is 17.3 Å². The maximum Gasteiger partial charge on any atom is 0.198 e. The van der Waals surface area contributed by atoms with Gasteiger partial charge in [-0.3, -0.25) is 14.4 Å². The Bertz CT molecular complexity index is 1130. The van der Waals surface area contributed by atoms with Gasteiger partial charge in [-0.25, -0.2) is 0 Å². The quantitative estimate of drug-likeness (QED) is 0.426. The molecule has 0 unspecified atom stereocenters. The van der Waals surface area contributed by atoms with E-state index in [2.05, 4.69) is 5.32 Å². The van der Waals surface area contributed by atoms with Gasteiger partial charge in [0, 0.05) is 22.4 Å². The van der Waals surface area contributed by atoms with Gasteiger partial charge in [0.25, 0.3) is 0 Å². The fourth-order valence-electron chi connectivity index (χ4n) is 3.28. The molecule has 0 heterocycles. The number of nitrogens with one attached hydrogen (secondary N) is 1. The van der Waals surface area contributed by atoms with Crippen LogP contribution in [0, 0.1) is 0 Å². The number of carbonyl (C=O) groups is 3. The molecule has 27 heavy (non-hydrogen) atoms. The van der Waals surface area contributed by atoms with Crippen molar-refractivity contribution in [3.05, 3.63) is 88.5 Å². The van der Waals surface area contributed by atoms with Crippen LogP contribution in [0.15, 0.2) is 60.7 Å². The lowest BCUT2D eigenvalue weighted by molar-refractivity contribution is 0.0977. The number of rotatable bonds is 3. The maximum absolute atomic E-state index is 13.0. The average Bonchev–Trinajstić information content (AvgIpc) is 2.67. The molecule has 132 valence electrons. The van der Waals surface area contributed by atoms with E-state index in [0.29, 0.717) is 22.5 Å². The van der Waals surface area contributed by atoms with E-state index in [-0.39, 0.29) is 39.8 Å². The van der Waals surface area contributed by atoms with Gasteiger partial charge in [0.05, 0.1) is 16.8 Å². The van der Waals surface area contributed by atoms with Gasteiger partial charge in [0.2, 0.25) is 0 Å². The number of carbonyl (C=O) groups excluding carboxylic acids is 3. The lowest BCUT2D eigenvalue weighted by atomic mass is 9.82. The van der Waals surface area contributed by atoms with Crippen molar-refractivity contribution in [3.8, 4) is 5.75 Å². The molecule has 3 aromatic carbocycles. The van der Waals surface area contributed by atoms with Crippen LogP contribution in [0.25, 0.3) is 0 Å². The zero-order valence-electron chi connectivity index (χ0n) is 14.4. The van der Waals surface area contributed by atoms with Gasteiger partial charge in [0.1, 0.15) is 5.75 Å². The third-order valence-corrected chi connectivity index (χ3v) is 4.60.